The van der Waals surface area contributed by atoms with Crippen LogP contribution in [0.2, 0.25) is 0 Å². The van der Waals surface area contributed by atoms with Gasteiger partial charge in [0.25, 0.3) is 0 Å². The molecule has 140 valence electrons. The summed E-state index contributed by atoms with van der Waals surface area (Å²) < 4.78 is 2.13. The van der Waals surface area contributed by atoms with E-state index in [9.17, 15) is 10.2 Å². The second-order valence-electron chi connectivity index (χ2n) is 7.75. The van der Waals surface area contributed by atoms with Crippen molar-refractivity contribution in [1.82, 2.24) is 14.5 Å². The number of benzene rings is 1. The molecular formula is C21H24N4O2. The fourth-order valence-corrected chi connectivity index (χ4v) is 4.75. The molecule has 6 nitrogen and oxygen atoms in total. The second-order valence-corrected chi connectivity index (χ2v) is 7.75. The van der Waals surface area contributed by atoms with Crippen molar-refractivity contribution in [2.24, 2.45) is 5.92 Å². The average molecular weight is 364 g/mol. The fourth-order valence-electron chi connectivity index (χ4n) is 4.75. The highest BCUT2D eigenvalue weighted by Gasteiger charge is 2.34. The van der Waals surface area contributed by atoms with Crippen LogP contribution in [0.1, 0.15) is 42.5 Å². The van der Waals surface area contributed by atoms with Crippen LogP contribution in [0.15, 0.2) is 42.9 Å². The van der Waals surface area contributed by atoms with Crippen LogP contribution in [0.3, 0.4) is 0 Å². The van der Waals surface area contributed by atoms with Gasteiger partial charge in [-0.3, -0.25) is 0 Å². The minimum absolute atomic E-state index is 0.0275. The molecule has 2 aliphatic rings. The van der Waals surface area contributed by atoms with Gasteiger partial charge in [-0.15, -0.1) is 0 Å². The first-order chi connectivity index (χ1) is 13.2. The molecule has 27 heavy (non-hydrogen) atoms. The van der Waals surface area contributed by atoms with Crippen LogP contribution in [0.4, 0.5) is 5.82 Å². The molecule has 0 bridgehead atoms. The smallest absolute Gasteiger partial charge is 0.145 e. The molecule has 2 heterocycles. The molecule has 3 N–H and O–H groups in total. The van der Waals surface area contributed by atoms with Gasteiger partial charge in [0.1, 0.15) is 17.8 Å². The summed E-state index contributed by atoms with van der Waals surface area (Å²) in [6, 6.07) is 11.1. The Labute approximate surface area is 157 Å². The van der Waals surface area contributed by atoms with Crippen molar-refractivity contribution < 1.29 is 10.2 Å². The number of rotatable bonds is 4. The summed E-state index contributed by atoms with van der Waals surface area (Å²) in [5.74, 6) is 0.805. The highest BCUT2D eigenvalue weighted by Crippen LogP contribution is 2.38. The van der Waals surface area contributed by atoms with E-state index in [1.807, 2.05) is 6.20 Å². The summed E-state index contributed by atoms with van der Waals surface area (Å²) in [7, 11) is 0. The molecular weight excluding hydrogens is 340 g/mol. The van der Waals surface area contributed by atoms with Gasteiger partial charge >= 0.3 is 0 Å². The van der Waals surface area contributed by atoms with Crippen molar-refractivity contribution in [3.63, 3.8) is 0 Å². The Bertz CT molecular complexity index is 970. The van der Waals surface area contributed by atoms with Gasteiger partial charge in [0.05, 0.1) is 17.5 Å². The third kappa shape index (κ3) is 2.80. The Hall–Kier alpha value is -2.44. The standard InChI is InChI=1S/C21H24N4O2/c26-11-14-9-15(10-19(14)27)25-8-7-17-20(22-12-23-21(17)25)24-18-6-5-13-3-1-2-4-16(13)18/h1-4,7-8,12,14-15,18-19,26-27H,5-6,9-11H2,(H,22,23,24). The third-order valence-electron chi connectivity index (χ3n) is 6.21. The van der Waals surface area contributed by atoms with Gasteiger partial charge < -0.3 is 20.1 Å². The Morgan fingerprint density at radius 3 is 2.89 bits per heavy atom. The van der Waals surface area contributed by atoms with Crippen LogP contribution in [-0.4, -0.2) is 37.5 Å². The lowest BCUT2D eigenvalue weighted by Gasteiger charge is -2.16. The molecule has 0 aliphatic heterocycles. The maximum atomic E-state index is 10.1. The van der Waals surface area contributed by atoms with Crippen LogP contribution in [0.5, 0.6) is 0 Å². The largest absolute Gasteiger partial charge is 0.396 e. The molecule has 0 amide bonds. The Morgan fingerprint density at radius 2 is 2.04 bits per heavy atom. The van der Waals surface area contributed by atoms with Gasteiger partial charge in [-0.25, -0.2) is 9.97 Å². The van der Waals surface area contributed by atoms with Crippen molar-refractivity contribution in [3.8, 4) is 0 Å². The number of aliphatic hydroxyl groups excluding tert-OH is 2. The summed E-state index contributed by atoms with van der Waals surface area (Å²) in [6.45, 7) is 0.0275. The predicted octanol–water partition coefficient (Wildman–Crippen LogP) is 2.84. The lowest BCUT2D eigenvalue weighted by atomic mass is 10.1. The van der Waals surface area contributed by atoms with E-state index in [0.29, 0.717) is 6.42 Å². The molecule has 1 aromatic carbocycles. The lowest BCUT2D eigenvalue weighted by Crippen LogP contribution is -2.16. The average Bonchev–Trinajstić information content (AvgIpc) is 3.39. The molecule has 2 aliphatic carbocycles. The maximum absolute atomic E-state index is 10.1. The van der Waals surface area contributed by atoms with Crippen molar-refractivity contribution in [2.75, 3.05) is 11.9 Å². The number of aryl methyl sites for hydroxylation is 1. The first kappa shape index (κ1) is 16.7. The Balaban J connectivity index is 1.45. The molecule has 4 unspecified atom stereocenters. The number of nitrogens with one attached hydrogen (secondary N) is 1. The number of hydrogen-bond acceptors (Lipinski definition) is 5. The molecule has 2 aromatic heterocycles. The van der Waals surface area contributed by atoms with E-state index in [4.69, 9.17) is 0 Å². The molecule has 3 aromatic rings. The molecule has 5 rings (SSSR count). The first-order valence-electron chi connectivity index (χ1n) is 9.69. The van der Waals surface area contributed by atoms with E-state index < -0.39 is 6.10 Å². The molecule has 4 atom stereocenters. The summed E-state index contributed by atoms with van der Waals surface area (Å²) in [6.07, 6.45) is 6.76. The number of nitrogens with zero attached hydrogens (tertiary/aromatic N) is 3. The van der Waals surface area contributed by atoms with Crippen LogP contribution in [0.25, 0.3) is 11.0 Å². The number of hydrogen-bond donors (Lipinski definition) is 3. The Kier molecular flexibility index (Phi) is 4.10. The lowest BCUT2D eigenvalue weighted by molar-refractivity contribution is 0.0906. The van der Waals surface area contributed by atoms with E-state index in [1.165, 1.54) is 11.1 Å². The monoisotopic (exact) mass is 364 g/mol. The molecule has 0 saturated heterocycles. The summed E-state index contributed by atoms with van der Waals surface area (Å²) in [5.41, 5.74) is 3.65. The topological polar surface area (TPSA) is 83.2 Å². The first-order valence-corrected chi connectivity index (χ1v) is 9.69. The minimum atomic E-state index is -0.452. The van der Waals surface area contributed by atoms with E-state index in [0.717, 1.165) is 36.1 Å². The Morgan fingerprint density at radius 1 is 1.15 bits per heavy atom. The summed E-state index contributed by atoms with van der Waals surface area (Å²) in [4.78, 5) is 9.01. The molecule has 0 spiro atoms. The van der Waals surface area contributed by atoms with E-state index >= 15 is 0 Å². The van der Waals surface area contributed by atoms with Gasteiger partial charge in [-0.05, 0) is 42.9 Å². The van der Waals surface area contributed by atoms with Crippen LogP contribution in [-0.2, 0) is 6.42 Å². The minimum Gasteiger partial charge on any atom is -0.396 e. The summed E-state index contributed by atoms with van der Waals surface area (Å²) in [5, 5.41) is 24.2. The van der Waals surface area contributed by atoms with E-state index in [2.05, 4.69) is 50.2 Å². The highest BCUT2D eigenvalue weighted by atomic mass is 16.3. The van der Waals surface area contributed by atoms with Gasteiger partial charge in [0.2, 0.25) is 0 Å². The zero-order valence-corrected chi connectivity index (χ0v) is 15.1. The molecule has 6 heteroatoms. The van der Waals surface area contributed by atoms with Crippen LogP contribution in [0, 0.1) is 5.92 Å². The molecule has 0 radical (unpaired) electrons. The zero-order chi connectivity index (χ0) is 18.4. The summed E-state index contributed by atoms with van der Waals surface area (Å²) >= 11 is 0. The highest BCUT2D eigenvalue weighted by molar-refractivity contribution is 5.87. The zero-order valence-electron chi connectivity index (χ0n) is 15.1. The van der Waals surface area contributed by atoms with Crippen molar-refractivity contribution in [1.29, 1.82) is 0 Å². The van der Waals surface area contributed by atoms with Crippen molar-refractivity contribution in [3.05, 3.63) is 54.0 Å². The van der Waals surface area contributed by atoms with Crippen molar-refractivity contribution >= 4 is 16.9 Å². The molecule has 1 fully saturated rings. The quantitative estimate of drug-likeness (QED) is 0.663. The van der Waals surface area contributed by atoms with Gasteiger partial charge in [-0.2, -0.15) is 0 Å². The number of aromatic nitrogens is 3. The number of anilines is 1. The third-order valence-corrected chi connectivity index (χ3v) is 6.21. The second kappa shape index (κ2) is 6.62. The predicted molar refractivity (Wildman–Crippen MR) is 104 cm³/mol. The number of aliphatic hydroxyl groups is 2. The van der Waals surface area contributed by atoms with Crippen LogP contribution >= 0.6 is 0 Å². The number of fused-ring (bicyclic) bond motifs is 2. The van der Waals surface area contributed by atoms with Crippen molar-refractivity contribution in [2.45, 2.75) is 43.9 Å². The van der Waals surface area contributed by atoms with Gasteiger partial charge in [0, 0.05) is 24.8 Å². The van der Waals surface area contributed by atoms with Gasteiger partial charge in [0.15, 0.2) is 0 Å². The SMILES string of the molecule is OCC1CC(n2ccc3c(NC4CCc5ccccc54)ncnc32)CC1O. The van der Waals surface area contributed by atoms with Crippen LogP contribution < -0.4 is 5.32 Å². The fraction of sp³-hybridized carbons (Fsp3) is 0.429. The maximum Gasteiger partial charge on any atom is 0.145 e. The normalized spacial score (nSPS) is 27.2. The van der Waals surface area contributed by atoms with E-state index in [1.54, 1.807) is 6.33 Å². The van der Waals surface area contributed by atoms with Gasteiger partial charge in [-0.1, -0.05) is 24.3 Å². The molecule has 1 saturated carbocycles. The van der Waals surface area contributed by atoms with E-state index in [-0.39, 0.29) is 24.6 Å².